The minimum Gasteiger partial charge on any atom is -0.493 e. The van der Waals surface area contributed by atoms with Crippen LogP contribution in [-0.2, 0) is 13.5 Å². The van der Waals surface area contributed by atoms with Gasteiger partial charge in [0.2, 0.25) is 0 Å². The number of ketones is 1. The molecule has 0 atom stereocenters. The lowest BCUT2D eigenvalue weighted by molar-refractivity contribution is 0.0979. The summed E-state index contributed by atoms with van der Waals surface area (Å²) in [4.78, 5) is 12.1. The number of Topliss-reactive ketones (excluding diaryl/α,β-unsaturated/α-hetero) is 1. The van der Waals surface area contributed by atoms with Gasteiger partial charge in [-0.3, -0.25) is 9.48 Å². The van der Waals surface area contributed by atoms with Gasteiger partial charge in [-0.15, -0.1) is 0 Å². The fraction of sp³-hybridized carbons (Fsp3) is 0.231. The van der Waals surface area contributed by atoms with Gasteiger partial charge in [0.1, 0.15) is 11.5 Å². The number of ether oxygens (including phenoxy) is 1. The first-order valence-corrected chi connectivity index (χ1v) is 5.46. The number of aromatic nitrogens is 2. The van der Waals surface area contributed by atoms with Crippen LogP contribution in [0.2, 0.25) is 0 Å². The number of hydrogen-bond acceptors (Lipinski definition) is 3. The van der Waals surface area contributed by atoms with Crippen LogP contribution in [0.3, 0.4) is 0 Å². The van der Waals surface area contributed by atoms with Crippen LogP contribution >= 0.6 is 0 Å². The van der Waals surface area contributed by atoms with Crippen molar-refractivity contribution >= 4 is 5.78 Å². The fourth-order valence-electron chi connectivity index (χ4n) is 1.78. The predicted molar refractivity (Wildman–Crippen MR) is 64.2 cm³/mol. The highest BCUT2D eigenvalue weighted by Gasteiger charge is 2.18. The average molecular weight is 248 g/mol. The van der Waals surface area contributed by atoms with Crippen molar-refractivity contribution in [3.63, 3.8) is 0 Å². The van der Waals surface area contributed by atoms with Gasteiger partial charge in [0, 0.05) is 13.5 Å². The number of carbonyl (C=O) groups excluding carboxylic acids is 1. The summed E-state index contributed by atoms with van der Waals surface area (Å²) >= 11 is 0. The molecular weight excluding hydrogens is 235 g/mol. The maximum atomic E-state index is 13.5. The van der Waals surface area contributed by atoms with Gasteiger partial charge >= 0.3 is 0 Å². The third-order valence-corrected chi connectivity index (χ3v) is 2.70. The second kappa shape index (κ2) is 5.00. The van der Waals surface area contributed by atoms with Gasteiger partial charge in [0.25, 0.3) is 0 Å². The Morgan fingerprint density at radius 2 is 2.17 bits per heavy atom. The molecule has 0 aliphatic rings. The number of aryl methyl sites for hydroxylation is 1. The van der Waals surface area contributed by atoms with Gasteiger partial charge in [-0.2, -0.15) is 5.10 Å². The summed E-state index contributed by atoms with van der Waals surface area (Å²) in [6, 6.07) is 6.22. The molecule has 5 heteroatoms. The molecule has 0 N–H and O–H groups in total. The zero-order chi connectivity index (χ0) is 13.1. The third-order valence-electron chi connectivity index (χ3n) is 2.70. The molecule has 0 saturated carbocycles. The van der Waals surface area contributed by atoms with Gasteiger partial charge in [-0.05, 0) is 11.6 Å². The molecule has 4 nitrogen and oxygen atoms in total. The lowest BCUT2D eigenvalue weighted by atomic mass is 10.1. The highest BCUT2D eigenvalue weighted by atomic mass is 19.1. The van der Waals surface area contributed by atoms with Gasteiger partial charge in [-0.25, -0.2) is 4.39 Å². The van der Waals surface area contributed by atoms with Gasteiger partial charge in [0.15, 0.2) is 11.5 Å². The van der Waals surface area contributed by atoms with E-state index >= 15 is 0 Å². The summed E-state index contributed by atoms with van der Waals surface area (Å²) < 4.78 is 20.0. The van der Waals surface area contributed by atoms with Crippen LogP contribution in [0.15, 0.2) is 30.5 Å². The molecule has 0 saturated heterocycles. The molecule has 0 spiro atoms. The highest BCUT2D eigenvalue weighted by Crippen LogP contribution is 2.19. The van der Waals surface area contributed by atoms with E-state index in [0.29, 0.717) is 17.0 Å². The Morgan fingerprint density at radius 1 is 1.44 bits per heavy atom. The topological polar surface area (TPSA) is 44.1 Å². The van der Waals surface area contributed by atoms with E-state index in [2.05, 4.69) is 5.10 Å². The van der Waals surface area contributed by atoms with Crippen LogP contribution in [0.1, 0.15) is 16.1 Å². The maximum Gasteiger partial charge on any atom is 0.189 e. The van der Waals surface area contributed by atoms with Crippen LogP contribution in [0.4, 0.5) is 4.39 Å². The van der Waals surface area contributed by atoms with E-state index in [9.17, 15) is 9.18 Å². The van der Waals surface area contributed by atoms with Crippen LogP contribution in [-0.4, -0.2) is 22.7 Å². The van der Waals surface area contributed by atoms with Crippen molar-refractivity contribution in [2.24, 2.45) is 7.05 Å². The standard InChI is InChI=1S/C13H13FN2O2/c1-16-13(12(18-2)8-15-16)11(17)7-9-5-3-4-6-10(9)14/h3-6,8H,7H2,1-2H3. The molecule has 1 aromatic heterocycles. The molecule has 0 fully saturated rings. The molecule has 1 heterocycles. The largest absolute Gasteiger partial charge is 0.493 e. The van der Waals surface area contributed by atoms with E-state index in [1.807, 2.05) is 0 Å². The van der Waals surface area contributed by atoms with Gasteiger partial charge in [-0.1, -0.05) is 18.2 Å². The van der Waals surface area contributed by atoms with Crippen molar-refractivity contribution in [2.45, 2.75) is 6.42 Å². The Hall–Kier alpha value is -2.17. The highest BCUT2D eigenvalue weighted by molar-refractivity contribution is 5.98. The van der Waals surface area contributed by atoms with E-state index in [0.717, 1.165) is 0 Å². The molecule has 2 aromatic rings. The van der Waals surface area contributed by atoms with E-state index in [1.165, 1.54) is 24.1 Å². The minimum absolute atomic E-state index is 0.0113. The van der Waals surface area contributed by atoms with Crippen molar-refractivity contribution < 1.29 is 13.9 Å². The summed E-state index contributed by atoms with van der Waals surface area (Å²) in [5.41, 5.74) is 0.714. The van der Waals surface area contributed by atoms with Crippen molar-refractivity contribution in [3.8, 4) is 5.75 Å². The van der Waals surface area contributed by atoms with E-state index in [1.54, 1.807) is 25.2 Å². The first kappa shape index (κ1) is 12.3. The Labute approximate surface area is 104 Å². The normalized spacial score (nSPS) is 10.4. The molecule has 0 aliphatic heterocycles. The van der Waals surface area contributed by atoms with Gasteiger partial charge in [0.05, 0.1) is 13.3 Å². The number of nitrogens with zero attached hydrogens (tertiary/aromatic N) is 2. The smallest absolute Gasteiger partial charge is 0.189 e. The Morgan fingerprint density at radius 3 is 2.83 bits per heavy atom. The number of rotatable bonds is 4. The first-order valence-electron chi connectivity index (χ1n) is 5.46. The summed E-state index contributed by atoms with van der Waals surface area (Å²) in [5, 5.41) is 3.95. The molecule has 0 amide bonds. The zero-order valence-corrected chi connectivity index (χ0v) is 10.2. The zero-order valence-electron chi connectivity index (χ0n) is 10.2. The summed E-state index contributed by atoms with van der Waals surface area (Å²) in [6.07, 6.45) is 1.46. The van der Waals surface area contributed by atoms with Crippen molar-refractivity contribution in [2.75, 3.05) is 7.11 Å². The average Bonchev–Trinajstić information content (AvgIpc) is 2.73. The molecule has 0 bridgehead atoms. The molecule has 0 unspecified atom stereocenters. The number of methoxy groups -OCH3 is 1. The van der Waals surface area contributed by atoms with Crippen LogP contribution in [0.25, 0.3) is 0 Å². The molecular formula is C13H13FN2O2. The Balaban J connectivity index is 2.28. The van der Waals surface area contributed by atoms with E-state index < -0.39 is 0 Å². The third kappa shape index (κ3) is 2.25. The molecule has 2 rings (SSSR count). The Bertz CT molecular complexity index is 578. The Kier molecular flexibility index (Phi) is 3.41. The maximum absolute atomic E-state index is 13.5. The number of carbonyl (C=O) groups is 1. The first-order chi connectivity index (χ1) is 8.63. The lowest BCUT2D eigenvalue weighted by Crippen LogP contribution is -2.11. The monoisotopic (exact) mass is 248 g/mol. The van der Waals surface area contributed by atoms with Crippen molar-refractivity contribution in [1.82, 2.24) is 9.78 Å². The fourth-order valence-corrected chi connectivity index (χ4v) is 1.78. The lowest BCUT2D eigenvalue weighted by Gasteiger charge is -2.05. The summed E-state index contributed by atoms with van der Waals surface area (Å²) in [7, 11) is 3.12. The molecule has 94 valence electrons. The SMILES string of the molecule is COc1cnn(C)c1C(=O)Cc1ccccc1F. The van der Waals surface area contributed by atoms with Crippen molar-refractivity contribution in [1.29, 1.82) is 0 Å². The predicted octanol–water partition coefficient (Wildman–Crippen LogP) is 1.99. The summed E-state index contributed by atoms with van der Waals surface area (Å²) in [6.45, 7) is 0. The number of benzene rings is 1. The second-order valence-corrected chi connectivity index (χ2v) is 3.88. The van der Waals surface area contributed by atoms with E-state index in [-0.39, 0.29) is 18.0 Å². The molecule has 0 radical (unpaired) electrons. The van der Waals surface area contributed by atoms with Crippen LogP contribution in [0.5, 0.6) is 5.75 Å². The quantitative estimate of drug-likeness (QED) is 0.777. The van der Waals surface area contributed by atoms with Gasteiger partial charge < -0.3 is 4.74 Å². The molecule has 1 aromatic carbocycles. The minimum atomic E-state index is -0.382. The summed E-state index contributed by atoms with van der Waals surface area (Å²) in [5.74, 6) is -0.206. The van der Waals surface area contributed by atoms with Crippen molar-refractivity contribution in [3.05, 3.63) is 47.5 Å². The number of hydrogen-bond donors (Lipinski definition) is 0. The molecule has 18 heavy (non-hydrogen) atoms. The number of halogens is 1. The van der Waals surface area contributed by atoms with E-state index in [4.69, 9.17) is 4.74 Å². The van der Waals surface area contributed by atoms with Crippen LogP contribution < -0.4 is 4.74 Å². The molecule has 0 aliphatic carbocycles. The second-order valence-electron chi connectivity index (χ2n) is 3.88. The van der Waals surface area contributed by atoms with Crippen LogP contribution in [0, 0.1) is 5.82 Å².